The summed E-state index contributed by atoms with van der Waals surface area (Å²) in [6.07, 6.45) is 2.75. The van der Waals surface area contributed by atoms with E-state index < -0.39 is 0 Å². The average molecular weight is 304 g/mol. The first-order valence-electron chi connectivity index (χ1n) is 7.73. The van der Waals surface area contributed by atoms with Gasteiger partial charge in [0.05, 0.1) is 13.0 Å². The molecule has 0 spiro atoms. The maximum atomic E-state index is 12.4. The fraction of sp³-hybridized carbons (Fsp3) is 0.529. The molecule has 1 aliphatic heterocycles. The molecule has 0 bridgehead atoms. The number of ether oxygens (including phenoxy) is 1. The summed E-state index contributed by atoms with van der Waals surface area (Å²) in [5, 5.41) is 0. The normalized spacial score (nSPS) is 21.5. The maximum absolute atomic E-state index is 12.4. The molecule has 1 aliphatic rings. The van der Waals surface area contributed by atoms with Gasteiger partial charge in [-0.25, -0.2) is 0 Å². The van der Waals surface area contributed by atoms with E-state index in [1.807, 2.05) is 36.1 Å². The van der Waals surface area contributed by atoms with E-state index in [4.69, 9.17) is 10.5 Å². The second-order valence-electron chi connectivity index (χ2n) is 5.92. The molecule has 0 radical (unpaired) electrons. The summed E-state index contributed by atoms with van der Waals surface area (Å²) in [4.78, 5) is 25.6. The zero-order valence-corrected chi connectivity index (χ0v) is 13.2. The molecular formula is C17H24N2O3. The fourth-order valence-corrected chi connectivity index (χ4v) is 2.87. The van der Waals surface area contributed by atoms with E-state index in [1.54, 1.807) is 7.11 Å². The van der Waals surface area contributed by atoms with Crippen LogP contribution in [0.1, 0.15) is 31.7 Å². The number of benzene rings is 1. The van der Waals surface area contributed by atoms with Crippen LogP contribution in [0.3, 0.4) is 0 Å². The van der Waals surface area contributed by atoms with Crippen LogP contribution in [0.4, 0.5) is 0 Å². The Morgan fingerprint density at radius 3 is 2.55 bits per heavy atom. The third-order valence-corrected chi connectivity index (χ3v) is 4.39. The standard InChI is InChI=1S/C17H24N2O3/c1-12-3-7-14(17(18)21)11-19(12)16(20)10-6-13-4-8-15(22-2)9-5-13/h4-5,8-9,12,14H,3,6-7,10-11H2,1-2H3,(H2,18,21)/t12-,14+/m0/s1. The minimum Gasteiger partial charge on any atom is -0.497 e. The first-order chi connectivity index (χ1) is 10.5. The number of nitrogens with zero attached hydrogens (tertiary/aromatic N) is 1. The summed E-state index contributed by atoms with van der Waals surface area (Å²) < 4.78 is 5.12. The number of aryl methyl sites for hydroxylation is 1. The lowest BCUT2D eigenvalue weighted by atomic mass is 9.92. The molecule has 1 heterocycles. The molecule has 1 saturated heterocycles. The van der Waals surface area contributed by atoms with Crippen LogP contribution in [0, 0.1) is 5.92 Å². The zero-order valence-electron chi connectivity index (χ0n) is 13.2. The number of likely N-dealkylation sites (tertiary alicyclic amines) is 1. The number of amides is 2. The number of rotatable bonds is 5. The van der Waals surface area contributed by atoms with Crippen LogP contribution in [0.25, 0.3) is 0 Å². The molecule has 5 nitrogen and oxygen atoms in total. The molecule has 0 saturated carbocycles. The smallest absolute Gasteiger partial charge is 0.223 e. The Morgan fingerprint density at radius 2 is 1.95 bits per heavy atom. The van der Waals surface area contributed by atoms with Crippen molar-refractivity contribution >= 4 is 11.8 Å². The van der Waals surface area contributed by atoms with E-state index in [9.17, 15) is 9.59 Å². The van der Waals surface area contributed by atoms with Gasteiger partial charge in [-0.3, -0.25) is 9.59 Å². The van der Waals surface area contributed by atoms with Gasteiger partial charge in [0.2, 0.25) is 11.8 Å². The van der Waals surface area contributed by atoms with Gasteiger partial charge in [-0.05, 0) is 43.9 Å². The van der Waals surface area contributed by atoms with Crippen molar-refractivity contribution in [2.45, 2.75) is 38.6 Å². The summed E-state index contributed by atoms with van der Waals surface area (Å²) in [7, 11) is 1.63. The fourth-order valence-electron chi connectivity index (χ4n) is 2.87. The molecule has 2 atom stereocenters. The van der Waals surface area contributed by atoms with Gasteiger partial charge in [-0.1, -0.05) is 12.1 Å². The van der Waals surface area contributed by atoms with Gasteiger partial charge in [-0.15, -0.1) is 0 Å². The third kappa shape index (κ3) is 4.00. The van der Waals surface area contributed by atoms with Crippen molar-refractivity contribution in [3.63, 3.8) is 0 Å². The quantitative estimate of drug-likeness (QED) is 0.900. The number of methoxy groups -OCH3 is 1. The molecule has 0 aromatic heterocycles. The van der Waals surface area contributed by atoms with Gasteiger partial charge in [-0.2, -0.15) is 0 Å². The molecule has 2 rings (SSSR count). The highest BCUT2D eigenvalue weighted by molar-refractivity contribution is 5.80. The largest absolute Gasteiger partial charge is 0.497 e. The number of piperidine rings is 1. The van der Waals surface area contributed by atoms with Crippen molar-refractivity contribution in [1.82, 2.24) is 4.90 Å². The Hall–Kier alpha value is -2.04. The molecule has 120 valence electrons. The number of carbonyl (C=O) groups excluding carboxylic acids is 2. The lowest BCUT2D eigenvalue weighted by Gasteiger charge is -2.37. The Labute approximate surface area is 131 Å². The predicted octanol–water partition coefficient (Wildman–Crippen LogP) is 1.74. The first kappa shape index (κ1) is 16.3. The van der Waals surface area contributed by atoms with E-state index in [0.29, 0.717) is 19.4 Å². The maximum Gasteiger partial charge on any atom is 0.223 e. The van der Waals surface area contributed by atoms with Crippen molar-refractivity contribution in [2.75, 3.05) is 13.7 Å². The van der Waals surface area contributed by atoms with Crippen LogP contribution in [0.15, 0.2) is 24.3 Å². The molecule has 5 heteroatoms. The second-order valence-corrected chi connectivity index (χ2v) is 5.92. The lowest BCUT2D eigenvalue weighted by molar-refractivity contribution is -0.137. The van der Waals surface area contributed by atoms with Gasteiger partial charge in [0.25, 0.3) is 0 Å². The van der Waals surface area contributed by atoms with Crippen LogP contribution < -0.4 is 10.5 Å². The third-order valence-electron chi connectivity index (χ3n) is 4.39. The van der Waals surface area contributed by atoms with Crippen LogP contribution in [-0.4, -0.2) is 36.4 Å². The highest BCUT2D eigenvalue weighted by Gasteiger charge is 2.31. The Morgan fingerprint density at radius 1 is 1.27 bits per heavy atom. The van der Waals surface area contributed by atoms with Crippen molar-refractivity contribution in [1.29, 1.82) is 0 Å². The minimum absolute atomic E-state index is 0.0919. The highest BCUT2D eigenvalue weighted by Crippen LogP contribution is 2.23. The SMILES string of the molecule is COc1ccc(CCC(=O)N2C[C@H](C(N)=O)CC[C@@H]2C)cc1. The summed E-state index contributed by atoms with van der Waals surface area (Å²) in [6, 6.07) is 7.91. The Balaban J connectivity index is 1.91. The molecule has 2 N–H and O–H groups in total. The van der Waals surface area contributed by atoms with Crippen LogP contribution >= 0.6 is 0 Å². The van der Waals surface area contributed by atoms with Crippen molar-refractivity contribution in [2.24, 2.45) is 11.7 Å². The molecule has 1 aromatic rings. The van der Waals surface area contributed by atoms with E-state index in [0.717, 1.165) is 24.2 Å². The summed E-state index contributed by atoms with van der Waals surface area (Å²) in [5.74, 6) is 0.388. The summed E-state index contributed by atoms with van der Waals surface area (Å²) in [5.41, 5.74) is 6.48. The highest BCUT2D eigenvalue weighted by atomic mass is 16.5. The van der Waals surface area contributed by atoms with Crippen molar-refractivity contribution < 1.29 is 14.3 Å². The summed E-state index contributed by atoms with van der Waals surface area (Å²) in [6.45, 7) is 2.49. The number of hydrogen-bond donors (Lipinski definition) is 1. The molecular weight excluding hydrogens is 280 g/mol. The topological polar surface area (TPSA) is 72.6 Å². The molecule has 22 heavy (non-hydrogen) atoms. The molecule has 2 amide bonds. The van der Waals surface area contributed by atoms with Gasteiger partial charge < -0.3 is 15.4 Å². The van der Waals surface area contributed by atoms with E-state index in [-0.39, 0.29) is 23.8 Å². The first-order valence-corrected chi connectivity index (χ1v) is 7.73. The Bertz CT molecular complexity index is 527. The van der Waals surface area contributed by atoms with Crippen LogP contribution in [-0.2, 0) is 16.0 Å². The molecule has 1 aromatic carbocycles. The van der Waals surface area contributed by atoms with E-state index in [1.165, 1.54) is 0 Å². The molecule has 0 aliphatic carbocycles. The summed E-state index contributed by atoms with van der Waals surface area (Å²) >= 11 is 0. The van der Waals surface area contributed by atoms with Gasteiger partial charge in [0, 0.05) is 19.0 Å². The number of carbonyl (C=O) groups is 2. The average Bonchev–Trinajstić information content (AvgIpc) is 2.53. The zero-order chi connectivity index (χ0) is 16.1. The number of nitrogens with two attached hydrogens (primary N) is 1. The second kappa shape index (κ2) is 7.29. The Kier molecular flexibility index (Phi) is 5.41. The van der Waals surface area contributed by atoms with Crippen LogP contribution in [0.5, 0.6) is 5.75 Å². The van der Waals surface area contributed by atoms with E-state index >= 15 is 0 Å². The van der Waals surface area contributed by atoms with Crippen molar-refractivity contribution in [3.05, 3.63) is 29.8 Å². The number of hydrogen-bond acceptors (Lipinski definition) is 3. The molecule has 1 fully saturated rings. The van der Waals surface area contributed by atoms with Gasteiger partial charge in [0.1, 0.15) is 5.75 Å². The van der Waals surface area contributed by atoms with Gasteiger partial charge in [0.15, 0.2) is 0 Å². The van der Waals surface area contributed by atoms with Gasteiger partial charge >= 0.3 is 0 Å². The van der Waals surface area contributed by atoms with E-state index in [2.05, 4.69) is 0 Å². The monoisotopic (exact) mass is 304 g/mol. The minimum atomic E-state index is -0.306. The number of primary amides is 1. The molecule has 0 unspecified atom stereocenters. The van der Waals surface area contributed by atoms with Crippen LogP contribution in [0.2, 0.25) is 0 Å². The predicted molar refractivity (Wildman–Crippen MR) is 84.4 cm³/mol. The lowest BCUT2D eigenvalue weighted by Crippen LogP contribution is -2.48. The van der Waals surface area contributed by atoms with Crippen molar-refractivity contribution in [3.8, 4) is 5.75 Å².